The Bertz CT molecular complexity index is 839. The average Bonchev–Trinajstić information content (AvgIpc) is 3.34. The monoisotopic (exact) mass is 430 g/mol. The zero-order valence-corrected chi connectivity index (χ0v) is 17.6. The Kier molecular flexibility index (Phi) is 5.21. The number of aryl methyl sites for hydroxylation is 2. The summed E-state index contributed by atoms with van der Waals surface area (Å²) in [4.78, 5) is 9.58. The van der Waals surface area contributed by atoms with Gasteiger partial charge in [0.05, 0.1) is 12.6 Å². The lowest BCUT2D eigenvalue weighted by Gasteiger charge is -2.25. The van der Waals surface area contributed by atoms with E-state index in [0.29, 0.717) is 0 Å². The van der Waals surface area contributed by atoms with E-state index < -0.39 is 0 Å². The maximum absolute atomic E-state index is 4.96. The fourth-order valence-electron chi connectivity index (χ4n) is 3.88. The summed E-state index contributed by atoms with van der Waals surface area (Å²) in [5, 5.41) is 11.5. The molecule has 7 heteroatoms. The van der Waals surface area contributed by atoms with E-state index in [0.717, 1.165) is 50.1 Å². The Morgan fingerprint density at radius 3 is 2.93 bits per heavy atom. The van der Waals surface area contributed by atoms with Crippen molar-refractivity contribution in [1.82, 2.24) is 25.4 Å². The minimum absolute atomic E-state index is 0.163. The van der Waals surface area contributed by atoms with Gasteiger partial charge in [0.2, 0.25) is 0 Å². The molecule has 0 radical (unpaired) electrons. The van der Waals surface area contributed by atoms with Crippen molar-refractivity contribution in [3.05, 3.63) is 46.0 Å². The second-order valence-electron chi connectivity index (χ2n) is 7.53. The van der Waals surface area contributed by atoms with E-state index in [1.54, 1.807) is 0 Å². The second kappa shape index (κ2) is 7.62. The van der Waals surface area contributed by atoms with E-state index in [1.165, 1.54) is 22.9 Å². The summed E-state index contributed by atoms with van der Waals surface area (Å²) < 4.78 is 3.22. The number of halogens is 1. The molecular weight excluding hydrogens is 404 g/mol. The van der Waals surface area contributed by atoms with Crippen LogP contribution in [0.3, 0.4) is 0 Å². The van der Waals surface area contributed by atoms with Crippen LogP contribution in [0.5, 0.6) is 0 Å². The number of benzene rings is 1. The van der Waals surface area contributed by atoms with Crippen LogP contribution in [0.4, 0.5) is 0 Å². The lowest BCUT2D eigenvalue weighted by molar-refractivity contribution is 0.397. The van der Waals surface area contributed by atoms with Crippen molar-refractivity contribution >= 4 is 21.9 Å². The second-order valence-corrected chi connectivity index (χ2v) is 8.39. The van der Waals surface area contributed by atoms with Crippen LogP contribution in [0.2, 0.25) is 0 Å². The number of nitrogens with zero attached hydrogens (tertiary/aromatic N) is 4. The van der Waals surface area contributed by atoms with Gasteiger partial charge in [0.25, 0.3) is 0 Å². The van der Waals surface area contributed by atoms with Crippen LogP contribution < -0.4 is 10.6 Å². The van der Waals surface area contributed by atoms with Gasteiger partial charge in [0.1, 0.15) is 11.6 Å². The van der Waals surface area contributed by atoms with Gasteiger partial charge in [0, 0.05) is 23.0 Å². The van der Waals surface area contributed by atoms with E-state index in [1.807, 2.05) is 11.6 Å². The summed E-state index contributed by atoms with van der Waals surface area (Å²) in [6.07, 6.45) is 4.54. The van der Waals surface area contributed by atoms with Crippen molar-refractivity contribution in [2.75, 3.05) is 13.1 Å². The maximum atomic E-state index is 4.96. The van der Waals surface area contributed by atoms with E-state index in [4.69, 9.17) is 4.99 Å². The number of aliphatic imine (C=N–C) groups is 1. The molecule has 27 heavy (non-hydrogen) atoms. The quantitative estimate of drug-likeness (QED) is 0.562. The Balaban J connectivity index is 1.51. The molecule has 1 fully saturated rings. The number of hydrogen-bond donors (Lipinski definition) is 2. The SMILES string of the molecule is CCNC(=NCC1(c2ccccc2Br)CC1)NC1CCCn2nc(C)nc21. The summed E-state index contributed by atoms with van der Waals surface area (Å²) in [5.74, 6) is 2.73. The zero-order valence-electron chi connectivity index (χ0n) is 16.0. The summed E-state index contributed by atoms with van der Waals surface area (Å²) in [6, 6.07) is 8.69. The van der Waals surface area contributed by atoms with Crippen LogP contribution in [0, 0.1) is 6.92 Å². The molecule has 0 saturated heterocycles. The van der Waals surface area contributed by atoms with Crippen LogP contribution in [-0.4, -0.2) is 33.8 Å². The number of nitrogens with one attached hydrogen (secondary N) is 2. The predicted octanol–water partition coefficient (Wildman–Crippen LogP) is 3.47. The molecular formula is C20H27BrN6. The van der Waals surface area contributed by atoms with Gasteiger partial charge in [-0.3, -0.25) is 4.99 Å². The van der Waals surface area contributed by atoms with Gasteiger partial charge in [-0.05, 0) is 51.2 Å². The van der Waals surface area contributed by atoms with Gasteiger partial charge >= 0.3 is 0 Å². The van der Waals surface area contributed by atoms with Gasteiger partial charge in [0.15, 0.2) is 5.96 Å². The third kappa shape index (κ3) is 3.88. The molecule has 1 saturated carbocycles. The van der Waals surface area contributed by atoms with Gasteiger partial charge in [-0.1, -0.05) is 34.1 Å². The Morgan fingerprint density at radius 2 is 2.19 bits per heavy atom. The molecule has 2 N–H and O–H groups in total. The van der Waals surface area contributed by atoms with Crippen molar-refractivity contribution in [3.8, 4) is 0 Å². The van der Waals surface area contributed by atoms with Crippen molar-refractivity contribution < 1.29 is 0 Å². The third-order valence-corrected chi connectivity index (χ3v) is 6.17. The van der Waals surface area contributed by atoms with Crippen LogP contribution in [0.25, 0.3) is 0 Å². The van der Waals surface area contributed by atoms with Gasteiger partial charge in [-0.2, -0.15) is 5.10 Å². The molecule has 2 aromatic rings. The topological polar surface area (TPSA) is 67.1 Å². The van der Waals surface area contributed by atoms with Gasteiger partial charge < -0.3 is 10.6 Å². The molecule has 0 amide bonds. The van der Waals surface area contributed by atoms with Crippen molar-refractivity contribution in [2.24, 2.45) is 4.99 Å². The zero-order chi connectivity index (χ0) is 18.9. The molecule has 0 spiro atoms. The van der Waals surface area contributed by atoms with Crippen LogP contribution in [-0.2, 0) is 12.0 Å². The molecule has 4 rings (SSSR count). The molecule has 144 valence electrons. The highest BCUT2D eigenvalue weighted by Crippen LogP contribution is 2.50. The minimum Gasteiger partial charge on any atom is -0.357 e. The molecule has 2 heterocycles. The fourth-order valence-corrected chi connectivity index (χ4v) is 4.58. The summed E-state index contributed by atoms with van der Waals surface area (Å²) in [6.45, 7) is 6.64. The minimum atomic E-state index is 0.163. The molecule has 2 aliphatic rings. The van der Waals surface area contributed by atoms with E-state index in [2.05, 4.69) is 67.8 Å². The maximum Gasteiger partial charge on any atom is 0.191 e. The normalized spacial score (nSPS) is 20.9. The molecule has 1 aliphatic heterocycles. The average molecular weight is 431 g/mol. The van der Waals surface area contributed by atoms with Crippen molar-refractivity contribution in [2.45, 2.75) is 57.5 Å². The number of guanidine groups is 1. The van der Waals surface area contributed by atoms with Crippen LogP contribution in [0.1, 0.15) is 55.9 Å². The first-order valence-corrected chi connectivity index (χ1v) is 10.6. The molecule has 1 unspecified atom stereocenters. The summed E-state index contributed by atoms with van der Waals surface area (Å²) in [5.41, 5.74) is 1.55. The standard InChI is InChI=1S/C20H27BrN6/c1-3-22-19(25-17-9-6-12-27-18(17)24-14(2)26-27)23-13-20(10-11-20)15-7-4-5-8-16(15)21/h4-5,7-8,17H,3,6,9-13H2,1-2H3,(H2,22,23,25). The number of hydrogen-bond acceptors (Lipinski definition) is 3. The first-order chi connectivity index (χ1) is 13.1. The molecule has 1 atom stereocenters. The Labute approximate surface area is 169 Å². The lowest BCUT2D eigenvalue weighted by atomic mass is 9.96. The Hall–Kier alpha value is -1.89. The first-order valence-electron chi connectivity index (χ1n) is 9.82. The number of rotatable bonds is 5. The van der Waals surface area contributed by atoms with Gasteiger partial charge in [-0.15, -0.1) is 0 Å². The van der Waals surface area contributed by atoms with E-state index >= 15 is 0 Å². The predicted molar refractivity (Wildman–Crippen MR) is 111 cm³/mol. The highest BCUT2D eigenvalue weighted by molar-refractivity contribution is 9.10. The van der Waals surface area contributed by atoms with E-state index in [9.17, 15) is 0 Å². The van der Waals surface area contributed by atoms with Gasteiger partial charge in [-0.25, -0.2) is 9.67 Å². The first kappa shape index (κ1) is 18.5. The molecule has 1 aliphatic carbocycles. The van der Waals surface area contributed by atoms with Crippen molar-refractivity contribution in [3.63, 3.8) is 0 Å². The van der Waals surface area contributed by atoms with Crippen LogP contribution in [0.15, 0.2) is 33.7 Å². The molecule has 0 bridgehead atoms. The van der Waals surface area contributed by atoms with Crippen LogP contribution >= 0.6 is 15.9 Å². The van der Waals surface area contributed by atoms with Crippen molar-refractivity contribution in [1.29, 1.82) is 0 Å². The molecule has 1 aromatic carbocycles. The number of fused-ring (bicyclic) bond motifs is 1. The fraction of sp³-hybridized carbons (Fsp3) is 0.550. The third-order valence-electron chi connectivity index (χ3n) is 5.47. The van der Waals surface area contributed by atoms with E-state index in [-0.39, 0.29) is 11.5 Å². The number of aromatic nitrogens is 3. The molecule has 6 nitrogen and oxygen atoms in total. The highest BCUT2D eigenvalue weighted by Gasteiger charge is 2.45. The highest BCUT2D eigenvalue weighted by atomic mass is 79.9. The largest absolute Gasteiger partial charge is 0.357 e. The summed E-state index contributed by atoms with van der Waals surface area (Å²) >= 11 is 3.71. The molecule has 1 aromatic heterocycles. The Morgan fingerprint density at radius 1 is 1.37 bits per heavy atom. The smallest absolute Gasteiger partial charge is 0.191 e. The lowest BCUT2D eigenvalue weighted by Crippen LogP contribution is -2.42. The summed E-state index contributed by atoms with van der Waals surface area (Å²) in [7, 11) is 0.